The average molecular weight is 785 g/mol. The van der Waals surface area contributed by atoms with Crippen LogP contribution in [0.25, 0.3) is 0 Å². The minimum atomic E-state index is -4.57. The number of benzene rings is 2. The van der Waals surface area contributed by atoms with Crippen molar-refractivity contribution >= 4 is 17.2 Å². The van der Waals surface area contributed by atoms with E-state index in [1.807, 2.05) is 9.80 Å². The molecule has 55 heavy (non-hydrogen) atoms. The number of nitrogens with zero attached hydrogens (tertiary/aromatic N) is 6. The Bertz CT molecular complexity index is 1560. The summed E-state index contributed by atoms with van der Waals surface area (Å²) in [5, 5.41) is 0. The highest BCUT2D eigenvalue weighted by Crippen LogP contribution is 2.36. The maximum atomic E-state index is 14.5. The predicted molar refractivity (Wildman–Crippen MR) is 199 cm³/mol. The number of carbonyl (C=O) groups is 1. The number of halogens is 7. The van der Waals surface area contributed by atoms with Gasteiger partial charge in [0.25, 0.3) is 0 Å². The predicted octanol–water partition coefficient (Wildman–Crippen LogP) is 6.94. The molecular weight excluding hydrogens is 729 g/mol. The van der Waals surface area contributed by atoms with Crippen LogP contribution < -0.4 is 14.5 Å². The monoisotopic (exact) mass is 784 g/mol. The van der Waals surface area contributed by atoms with Gasteiger partial charge in [-0.2, -0.15) is 26.3 Å². The van der Waals surface area contributed by atoms with E-state index in [1.165, 1.54) is 19.2 Å². The number of alkyl halides is 6. The van der Waals surface area contributed by atoms with Gasteiger partial charge in [-0.1, -0.05) is 0 Å². The zero-order chi connectivity index (χ0) is 39.3. The standard InChI is InChI=1S/C40H55F7N6O2/c1-29(54)38(53-15-9-31(10-16-53)6-12-49-19-23-51(24-20-49)37-4-3-32(27-36(37)41)39(42,43)44)52-13-7-30(8-14-52)5-11-48-17-21-50(22-18-48)34-25-33(40(45,46)47)26-35(28-34)55-2/h3-4,25-28,30-31,38H,5-24H2,1-2H3. The summed E-state index contributed by atoms with van der Waals surface area (Å²) in [6, 6.07) is 6.67. The Labute approximate surface area is 320 Å². The molecule has 4 aliphatic heterocycles. The molecule has 6 rings (SSSR count). The van der Waals surface area contributed by atoms with E-state index in [-0.39, 0.29) is 23.4 Å². The molecule has 306 valence electrons. The lowest BCUT2D eigenvalue weighted by Gasteiger charge is -2.44. The van der Waals surface area contributed by atoms with Gasteiger partial charge in [0.1, 0.15) is 17.7 Å². The summed E-state index contributed by atoms with van der Waals surface area (Å²) in [6.07, 6.45) is -2.91. The lowest BCUT2D eigenvalue weighted by molar-refractivity contribution is -0.138. The van der Waals surface area contributed by atoms with Gasteiger partial charge in [-0.25, -0.2) is 4.39 Å². The lowest BCUT2D eigenvalue weighted by Crippen LogP contribution is -2.56. The van der Waals surface area contributed by atoms with E-state index in [0.717, 1.165) is 116 Å². The third kappa shape index (κ3) is 10.8. The van der Waals surface area contributed by atoms with Gasteiger partial charge in [0, 0.05) is 90.3 Å². The highest BCUT2D eigenvalue weighted by molar-refractivity contribution is 5.81. The molecule has 1 atom stereocenters. The minimum absolute atomic E-state index is 0.190. The normalized spacial score (nSPS) is 21.6. The van der Waals surface area contributed by atoms with Crippen LogP contribution in [0.15, 0.2) is 36.4 Å². The highest BCUT2D eigenvalue weighted by atomic mass is 19.4. The van der Waals surface area contributed by atoms with Crippen molar-refractivity contribution in [1.82, 2.24) is 19.6 Å². The molecule has 4 saturated heterocycles. The molecule has 0 radical (unpaired) electrons. The van der Waals surface area contributed by atoms with Gasteiger partial charge >= 0.3 is 12.4 Å². The Morgan fingerprint density at radius 3 is 1.60 bits per heavy atom. The molecule has 0 amide bonds. The number of hydrogen-bond acceptors (Lipinski definition) is 8. The number of hydrogen-bond donors (Lipinski definition) is 0. The second-order valence-electron chi connectivity index (χ2n) is 15.8. The number of methoxy groups -OCH3 is 1. The van der Waals surface area contributed by atoms with Gasteiger partial charge in [0.15, 0.2) is 5.78 Å². The molecule has 0 N–H and O–H groups in total. The van der Waals surface area contributed by atoms with E-state index in [4.69, 9.17) is 4.74 Å². The molecule has 2 aromatic carbocycles. The van der Waals surface area contributed by atoms with Crippen molar-refractivity contribution in [3.05, 3.63) is 53.3 Å². The summed E-state index contributed by atoms with van der Waals surface area (Å²) in [5.41, 5.74) is -0.913. The van der Waals surface area contributed by atoms with Crippen LogP contribution in [0.4, 0.5) is 42.1 Å². The summed E-state index contributed by atoms with van der Waals surface area (Å²) in [6.45, 7) is 12.7. The summed E-state index contributed by atoms with van der Waals surface area (Å²) in [4.78, 5) is 26.3. The first-order chi connectivity index (χ1) is 26.2. The van der Waals surface area contributed by atoms with Crippen molar-refractivity contribution in [2.24, 2.45) is 11.8 Å². The number of piperidine rings is 2. The Morgan fingerprint density at radius 2 is 1.16 bits per heavy atom. The van der Waals surface area contributed by atoms with Crippen LogP contribution in [0.2, 0.25) is 0 Å². The van der Waals surface area contributed by atoms with Crippen LogP contribution in [0.1, 0.15) is 56.6 Å². The number of anilines is 2. The molecule has 0 aromatic heterocycles. The maximum absolute atomic E-state index is 14.5. The zero-order valence-corrected chi connectivity index (χ0v) is 32.0. The van der Waals surface area contributed by atoms with E-state index in [0.29, 0.717) is 49.8 Å². The summed E-state index contributed by atoms with van der Waals surface area (Å²) in [7, 11) is 1.38. The van der Waals surface area contributed by atoms with Crippen molar-refractivity contribution < 1.29 is 40.3 Å². The molecule has 0 spiro atoms. The number of piperazine rings is 2. The maximum Gasteiger partial charge on any atom is 0.416 e. The summed E-state index contributed by atoms with van der Waals surface area (Å²) >= 11 is 0. The van der Waals surface area contributed by atoms with Crippen LogP contribution in [-0.4, -0.2) is 130 Å². The highest BCUT2D eigenvalue weighted by Gasteiger charge is 2.36. The van der Waals surface area contributed by atoms with Crippen LogP contribution in [0, 0.1) is 17.7 Å². The Hall–Kier alpha value is -3.14. The summed E-state index contributed by atoms with van der Waals surface area (Å²) in [5.74, 6) is 0.704. The topological polar surface area (TPSA) is 45.7 Å². The first-order valence-electron chi connectivity index (χ1n) is 19.7. The van der Waals surface area contributed by atoms with Crippen molar-refractivity contribution in [2.75, 3.05) is 109 Å². The quantitative estimate of drug-likeness (QED) is 0.215. The summed E-state index contributed by atoms with van der Waals surface area (Å²) < 4.78 is 98.8. The number of rotatable bonds is 12. The molecule has 4 fully saturated rings. The fraction of sp³-hybridized carbons (Fsp3) is 0.675. The van der Waals surface area contributed by atoms with Crippen LogP contribution in [0.5, 0.6) is 5.75 Å². The first kappa shape index (κ1) is 41.5. The fourth-order valence-corrected chi connectivity index (χ4v) is 8.88. The molecule has 8 nitrogen and oxygen atoms in total. The second-order valence-corrected chi connectivity index (χ2v) is 15.8. The van der Waals surface area contributed by atoms with E-state index in [1.54, 1.807) is 13.0 Å². The fourth-order valence-electron chi connectivity index (χ4n) is 8.88. The number of ketones is 1. The Balaban J connectivity index is 0.876. The molecule has 0 saturated carbocycles. The van der Waals surface area contributed by atoms with E-state index < -0.39 is 29.3 Å². The Morgan fingerprint density at radius 1 is 0.673 bits per heavy atom. The molecule has 1 unspecified atom stereocenters. The minimum Gasteiger partial charge on any atom is -0.497 e. The average Bonchev–Trinajstić information content (AvgIpc) is 3.17. The Kier molecular flexibility index (Phi) is 13.6. The smallest absolute Gasteiger partial charge is 0.416 e. The van der Waals surface area contributed by atoms with Gasteiger partial charge < -0.3 is 14.5 Å². The van der Waals surface area contributed by atoms with Gasteiger partial charge in [-0.15, -0.1) is 0 Å². The van der Waals surface area contributed by atoms with Crippen molar-refractivity contribution in [2.45, 2.75) is 64.0 Å². The van der Waals surface area contributed by atoms with Gasteiger partial charge in [0.05, 0.1) is 23.9 Å². The molecule has 0 aliphatic carbocycles. The largest absolute Gasteiger partial charge is 0.497 e. The number of likely N-dealkylation sites (tertiary alicyclic amines) is 2. The van der Waals surface area contributed by atoms with E-state index in [2.05, 4.69) is 19.6 Å². The molecule has 0 bridgehead atoms. The van der Waals surface area contributed by atoms with Crippen molar-refractivity contribution in [1.29, 1.82) is 0 Å². The molecule has 2 aromatic rings. The van der Waals surface area contributed by atoms with Gasteiger partial charge in [-0.3, -0.25) is 24.4 Å². The second kappa shape index (κ2) is 18.0. The van der Waals surface area contributed by atoms with E-state index >= 15 is 0 Å². The first-order valence-corrected chi connectivity index (χ1v) is 19.7. The lowest BCUT2D eigenvalue weighted by atomic mass is 9.91. The number of carbonyl (C=O) groups excluding carboxylic acids is 1. The SMILES string of the molecule is COc1cc(N2CCN(CCC3CCN(C(C(C)=O)N4CCC(CCN5CCN(c6ccc(C(F)(F)F)cc6F)CC5)CC4)CC3)CC2)cc(C(F)(F)F)c1. The zero-order valence-electron chi connectivity index (χ0n) is 32.0. The van der Waals surface area contributed by atoms with Crippen molar-refractivity contribution in [3.63, 3.8) is 0 Å². The van der Waals surface area contributed by atoms with Crippen LogP contribution >= 0.6 is 0 Å². The number of Topliss-reactive ketones (excluding diaryl/α,β-unsaturated/α-hetero) is 1. The van der Waals surface area contributed by atoms with Gasteiger partial charge in [0.2, 0.25) is 0 Å². The van der Waals surface area contributed by atoms with E-state index in [9.17, 15) is 35.5 Å². The van der Waals surface area contributed by atoms with Gasteiger partial charge in [-0.05, 0) is 101 Å². The number of ether oxygens (including phenoxy) is 1. The molecule has 15 heteroatoms. The molecular formula is C40H55F7N6O2. The van der Waals surface area contributed by atoms with Crippen LogP contribution in [-0.2, 0) is 17.1 Å². The molecule has 4 heterocycles. The van der Waals surface area contributed by atoms with Crippen LogP contribution in [0.3, 0.4) is 0 Å². The molecule has 4 aliphatic rings. The third-order valence-electron chi connectivity index (χ3n) is 12.2. The third-order valence-corrected chi connectivity index (χ3v) is 12.2. The van der Waals surface area contributed by atoms with Crippen molar-refractivity contribution in [3.8, 4) is 5.75 Å².